The molecule has 0 saturated heterocycles. The Bertz CT molecular complexity index is 928. The SMILES string of the molecule is CC1=[C]([Cr]([Cl])[Cl])c2ccccc2C1c1cccc2cccnc12. The van der Waals surface area contributed by atoms with Gasteiger partial charge in [0.25, 0.3) is 0 Å². The monoisotopic (exact) mass is 378 g/mol. The Kier molecular flexibility index (Phi) is 3.95. The molecule has 0 spiro atoms. The van der Waals surface area contributed by atoms with E-state index in [1.807, 2.05) is 12.3 Å². The van der Waals surface area contributed by atoms with E-state index in [0.29, 0.717) is 0 Å². The van der Waals surface area contributed by atoms with E-state index in [0.717, 1.165) is 15.3 Å². The summed E-state index contributed by atoms with van der Waals surface area (Å²) in [6, 6.07) is 18.9. The maximum atomic E-state index is 6.39. The summed E-state index contributed by atoms with van der Waals surface area (Å²) >= 11 is -1.80. The van der Waals surface area contributed by atoms with Crippen LogP contribution in [0.15, 0.2) is 66.4 Å². The minimum absolute atomic E-state index is 0.184. The number of pyridine rings is 1. The van der Waals surface area contributed by atoms with Crippen LogP contribution >= 0.6 is 20.1 Å². The summed E-state index contributed by atoms with van der Waals surface area (Å²) in [6.07, 6.45) is 1.85. The Balaban J connectivity index is 2.01. The van der Waals surface area contributed by atoms with Crippen LogP contribution in [0.25, 0.3) is 15.3 Å². The molecule has 0 aliphatic heterocycles. The van der Waals surface area contributed by atoms with Crippen molar-refractivity contribution in [2.45, 2.75) is 12.8 Å². The fraction of sp³-hybridized carbons (Fsp3) is 0.105. The van der Waals surface area contributed by atoms with Crippen molar-refractivity contribution in [3.63, 3.8) is 0 Å². The number of hydrogen-bond donors (Lipinski definition) is 0. The quantitative estimate of drug-likeness (QED) is 0.529. The van der Waals surface area contributed by atoms with Crippen LogP contribution in [-0.4, -0.2) is 4.98 Å². The van der Waals surface area contributed by atoms with Gasteiger partial charge in [0, 0.05) is 0 Å². The molecule has 1 atom stereocenters. The van der Waals surface area contributed by atoms with E-state index in [1.54, 1.807) is 0 Å². The van der Waals surface area contributed by atoms with E-state index in [1.165, 1.54) is 22.3 Å². The predicted octanol–water partition coefficient (Wildman–Crippen LogP) is 6.04. The summed E-state index contributed by atoms with van der Waals surface area (Å²) in [5.74, 6) is 0.184. The molecule has 0 saturated carbocycles. The van der Waals surface area contributed by atoms with Crippen molar-refractivity contribution in [3.8, 4) is 0 Å². The fourth-order valence-corrected chi connectivity index (χ4v) is 6.30. The molecule has 4 heteroatoms. The van der Waals surface area contributed by atoms with Gasteiger partial charge in [0.2, 0.25) is 0 Å². The zero-order valence-electron chi connectivity index (χ0n) is 12.5. The topological polar surface area (TPSA) is 12.9 Å². The first-order chi connectivity index (χ1) is 11.2. The van der Waals surface area contributed by atoms with E-state index >= 15 is 0 Å². The minimum atomic E-state index is -1.80. The molecule has 0 N–H and O–H groups in total. The number of aromatic nitrogens is 1. The van der Waals surface area contributed by atoms with Crippen LogP contribution < -0.4 is 0 Å². The maximum absolute atomic E-state index is 6.39. The van der Waals surface area contributed by atoms with Gasteiger partial charge in [-0.3, -0.25) is 0 Å². The second-order valence-electron chi connectivity index (χ2n) is 5.67. The first-order valence-electron chi connectivity index (χ1n) is 7.39. The number of benzene rings is 2. The van der Waals surface area contributed by atoms with Crippen LogP contribution in [0.4, 0.5) is 0 Å². The summed E-state index contributed by atoms with van der Waals surface area (Å²) in [4.78, 5) is 4.62. The van der Waals surface area contributed by atoms with E-state index in [-0.39, 0.29) is 5.92 Å². The van der Waals surface area contributed by atoms with Crippen molar-refractivity contribution in [2.24, 2.45) is 0 Å². The number of rotatable bonds is 2. The molecule has 1 aliphatic rings. The number of allylic oxidation sites excluding steroid dienone is 1. The van der Waals surface area contributed by atoms with Crippen LogP contribution in [0.2, 0.25) is 0 Å². The van der Waals surface area contributed by atoms with Gasteiger partial charge in [0.05, 0.1) is 0 Å². The third-order valence-corrected chi connectivity index (χ3v) is 7.04. The van der Waals surface area contributed by atoms with Crippen molar-refractivity contribution >= 4 is 35.4 Å². The third-order valence-electron chi connectivity index (χ3n) is 4.44. The van der Waals surface area contributed by atoms with E-state index in [9.17, 15) is 0 Å². The van der Waals surface area contributed by atoms with Crippen molar-refractivity contribution in [2.75, 3.05) is 0 Å². The molecule has 115 valence electrons. The van der Waals surface area contributed by atoms with Gasteiger partial charge >= 0.3 is 149 Å². The second kappa shape index (κ2) is 5.97. The molecular formula is C19H14Cl2CrN. The zero-order chi connectivity index (χ0) is 16.0. The molecule has 1 heterocycles. The van der Waals surface area contributed by atoms with Gasteiger partial charge in [0.15, 0.2) is 0 Å². The van der Waals surface area contributed by atoms with Gasteiger partial charge < -0.3 is 0 Å². The number of nitrogens with zero attached hydrogens (tertiary/aromatic N) is 1. The third kappa shape index (κ3) is 2.42. The summed E-state index contributed by atoms with van der Waals surface area (Å²) < 4.78 is 1.15. The molecule has 0 amide bonds. The Morgan fingerprint density at radius 1 is 0.913 bits per heavy atom. The number of para-hydroxylation sites is 1. The second-order valence-corrected chi connectivity index (χ2v) is 10.2. The molecular weight excluding hydrogens is 365 g/mol. The fourth-order valence-electron chi connectivity index (χ4n) is 3.50. The van der Waals surface area contributed by atoms with E-state index in [2.05, 4.69) is 60.4 Å². The summed E-state index contributed by atoms with van der Waals surface area (Å²) in [5.41, 5.74) is 6.03. The van der Waals surface area contributed by atoms with Gasteiger partial charge in [-0.1, -0.05) is 0 Å². The predicted molar refractivity (Wildman–Crippen MR) is 94.3 cm³/mol. The van der Waals surface area contributed by atoms with E-state index < -0.39 is 12.3 Å². The zero-order valence-corrected chi connectivity index (χ0v) is 15.2. The standard InChI is InChI=1S/C19H14N.2ClH.Cr/c1-13-12-15-6-2-3-9-16(15)18(13)17-10-4-7-14-8-5-11-20-19(14)17;;;/h2-11,18H,1H3;2*1H;/q;;;+2/p-2. The first-order valence-corrected chi connectivity index (χ1v) is 11.5. The summed E-state index contributed by atoms with van der Waals surface area (Å²) in [5, 5.41) is 1.16. The van der Waals surface area contributed by atoms with Crippen LogP contribution in [0.5, 0.6) is 0 Å². The molecule has 0 bridgehead atoms. The Morgan fingerprint density at radius 3 is 2.48 bits per heavy atom. The van der Waals surface area contributed by atoms with Crippen LogP contribution in [-0.2, 0) is 12.3 Å². The normalized spacial score (nSPS) is 17.1. The van der Waals surface area contributed by atoms with Gasteiger partial charge in [-0.2, -0.15) is 0 Å². The number of halogens is 2. The molecule has 1 nitrogen and oxygen atoms in total. The van der Waals surface area contributed by atoms with Crippen LogP contribution in [0, 0.1) is 0 Å². The van der Waals surface area contributed by atoms with Crippen molar-refractivity contribution in [1.82, 2.24) is 4.98 Å². The summed E-state index contributed by atoms with van der Waals surface area (Å²) in [7, 11) is 12.8. The van der Waals surface area contributed by atoms with Gasteiger partial charge in [0.1, 0.15) is 0 Å². The van der Waals surface area contributed by atoms with E-state index in [4.69, 9.17) is 20.1 Å². The Hall–Kier alpha value is -1.30. The molecule has 0 radical (unpaired) electrons. The van der Waals surface area contributed by atoms with Crippen LogP contribution in [0.3, 0.4) is 0 Å². The van der Waals surface area contributed by atoms with Gasteiger partial charge in [-0.25, -0.2) is 0 Å². The van der Waals surface area contributed by atoms with Gasteiger partial charge in [-0.05, 0) is 0 Å². The van der Waals surface area contributed by atoms with Gasteiger partial charge in [-0.15, -0.1) is 0 Å². The summed E-state index contributed by atoms with van der Waals surface area (Å²) in [6.45, 7) is 2.16. The van der Waals surface area contributed by atoms with Crippen LogP contribution in [0.1, 0.15) is 29.5 Å². The molecule has 0 fully saturated rings. The van der Waals surface area contributed by atoms with Crippen molar-refractivity contribution in [1.29, 1.82) is 0 Å². The molecule has 1 unspecified atom stereocenters. The molecule has 1 aliphatic carbocycles. The molecule has 23 heavy (non-hydrogen) atoms. The average Bonchev–Trinajstić information content (AvgIpc) is 2.86. The average molecular weight is 379 g/mol. The first kappa shape index (κ1) is 15.2. The molecule has 2 aromatic carbocycles. The number of hydrogen-bond acceptors (Lipinski definition) is 1. The molecule has 4 rings (SSSR count). The van der Waals surface area contributed by atoms with Crippen molar-refractivity contribution in [3.05, 3.63) is 83.1 Å². The molecule has 3 aromatic rings. The Labute approximate surface area is 148 Å². The number of fused-ring (bicyclic) bond motifs is 2. The van der Waals surface area contributed by atoms with Crippen molar-refractivity contribution < 1.29 is 12.3 Å². The molecule has 1 aromatic heterocycles. The Morgan fingerprint density at radius 2 is 1.65 bits per heavy atom.